The van der Waals surface area contributed by atoms with E-state index in [1.165, 1.54) is 5.56 Å². The highest BCUT2D eigenvalue weighted by atomic mass is 32.2. The molecule has 0 aromatic carbocycles. The minimum Gasteiger partial charge on any atom is -0.319 e. The molecule has 19 heavy (non-hydrogen) atoms. The highest BCUT2D eigenvalue weighted by molar-refractivity contribution is 7.91. The van der Waals surface area contributed by atoms with E-state index in [9.17, 15) is 8.42 Å². The summed E-state index contributed by atoms with van der Waals surface area (Å²) in [4.78, 5) is 0. The van der Waals surface area contributed by atoms with Crippen LogP contribution in [0.15, 0.2) is 12.4 Å². The Morgan fingerprint density at radius 1 is 1.58 bits per heavy atom. The lowest BCUT2D eigenvalue weighted by molar-refractivity contribution is 0.333. The third-order valence-electron chi connectivity index (χ3n) is 3.96. The Morgan fingerprint density at radius 3 is 2.89 bits per heavy atom. The normalized spacial score (nSPS) is 23.6. The molecule has 2 rings (SSSR count). The summed E-state index contributed by atoms with van der Waals surface area (Å²) in [5, 5.41) is 7.36. The highest BCUT2D eigenvalue weighted by Crippen LogP contribution is 2.28. The lowest BCUT2D eigenvalue weighted by atomic mass is 9.87. The molecule has 2 atom stereocenters. The Labute approximate surface area is 115 Å². The maximum atomic E-state index is 11.6. The molecule has 1 aromatic heterocycles. The van der Waals surface area contributed by atoms with Crippen LogP contribution in [0.4, 0.5) is 0 Å². The van der Waals surface area contributed by atoms with Crippen LogP contribution in [0, 0.1) is 11.8 Å². The lowest BCUT2D eigenvalue weighted by Gasteiger charge is -2.22. The molecule has 108 valence electrons. The second-order valence-electron chi connectivity index (χ2n) is 5.54. The summed E-state index contributed by atoms with van der Waals surface area (Å²) in [6.07, 6.45) is 6.73. The zero-order valence-corrected chi connectivity index (χ0v) is 12.5. The number of sulfone groups is 1. The van der Waals surface area contributed by atoms with Gasteiger partial charge in [-0.05, 0) is 50.3 Å². The van der Waals surface area contributed by atoms with E-state index in [1.54, 1.807) is 0 Å². The zero-order chi connectivity index (χ0) is 13.9. The molecule has 0 spiro atoms. The molecule has 0 amide bonds. The van der Waals surface area contributed by atoms with Crippen molar-refractivity contribution in [3.8, 4) is 0 Å². The molecule has 2 unspecified atom stereocenters. The Balaban J connectivity index is 1.93. The van der Waals surface area contributed by atoms with Crippen LogP contribution in [-0.4, -0.2) is 43.3 Å². The maximum absolute atomic E-state index is 11.6. The topological polar surface area (TPSA) is 64.0 Å². The fourth-order valence-corrected chi connectivity index (χ4v) is 4.83. The summed E-state index contributed by atoms with van der Waals surface area (Å²) in [5.74, 6) is 1.48. The van der Waals surface area contributed by atoms with Gasteiger partial charge in [0.25, 0.3) is 0 Å². The second kappa shape index (κ2) is 6.05. The van der Waals surface area contributed by atoms with Crippen LogP contribution < -0.4 is 5.32 Å². The van der Waals surface area contributed by atoms with E-state index in [2.05, 4.69) is 10.4 Å². The first-order valence-corrected chi connectivity index (χ1v) is 8.65. The first-order chi connectivity index (χ1) is 9.00. The average Bonchev–Trinajstić information content (AvgIpc) is 2.91. The van der Waals surface area contributed by atoms with Gasteiger partial charge in [-0.1, -0.05) is 0 Å². The predicted octanol–water partition coefficient (Wildman–Crippen LogP) is 0.623. The van der Waals surface area contributed by atoms with Crippen molar-refractivity contribution in [2.45, 2.75) is 19.3 Å². The number of hydrogen-bond donors (Lipinski definition) is 1. The number of hydrogen-bond acceptors (Lipinski definition) is 4. The van der Waals surface area contributed by atoms with Crippen molar-refractivity contribution in [1.29, 1.82) is 0 Å². The van der Waals surface area contributed by atoms with Crippen LogP contribution in [-0.2, 0) is 23.3 Å². The summed E-state index contributed by atoms with van der Waals surface area (Å²) in [6.45, 7) is 0.889. The standard InChI is InChI=1S/C13H23N3O2S/c1-14-8-12(13-5-6-19(17,18)10-13)4-3-11-7-15-16(2)9-11/h7,9,12-14H,3-6,8,10H2,1-2H3. The molecule has 6 heteroatoms. The maximum Gasteiger partial charge on any atom is 0.150 e. The van der Waals surface area contributed by atoms with E-state index in [4.69, 9.17) is 0 Å². The third-order valence-corrected chi connectivity index (χ3v) is 5.76. The number of nitrogens with one attached hydrogen (secondary N) is 1. The molecule has 0 radical (unpaired) electrons. The van der Waals surface area contributed by atoms with Crippen LogP contribution in [0.1, 0.15) is 18.4 Å². The molecular formula is C13H23N3O2S. The fraction of sp³-hybridized carbons (Fsp3) is 0.769. The largest absolute Gasteiger partial charge is 0.319 e. The van der Waals surface area contributed by atoms with Gasteiger partial charge in [-0.25, -0.2) is 8.42 Å². The molecule has 1 N–H and O–H groups in total. The Bertz CT molecular complexity index is 510. The molecule has 0 aliphatic carbocycles. The van der Waals surface area contributed by atoms with Crippen molar-refractivity contribution in [3.05, 3.63) is 18.0 Å². The van der Waals surface area contributed by atoms with Gasteiger partial charge < -0.3 is 5.32 Å². The molecule has 2 heterocycles. The van der Waals surface area contributed by atoms with Crippen molar-refractivity contribution < 1.29 is 8.42 Å². The Morgan fingerprint density at radius 2 is 2.37 bits per heavy atom. The van der Waals surface area contributed by atoms with Crippen LogP contribution in [0.2, 0.25) is 0 Å². The van der Waals surface area contributed by atoms with Gasteiger partial charge in [0.15, 0.2) is 9.84 Å². The van der Waals surface area contributed by atoms with Crippen LogP contribution in [0.3, 0.4) is 0 Å². The Hall–Kier alpha value is -0.880. The van der Waals surface area contributed by atoms with E-state index in [1.807, 2.05) is 31.2 Å². The first kappa shape index (κ1) is 14.5. The fourth-order valence-electron chi connectivity index (χ4n) is 2.92. The lowest BCUT2D eigenvalue weighted by Crippen LogP contribution is -2.27. The van der Waals surface area contributed by atoms with Gasteiger partial charge in [-0.15, -0.1) is 0 Å². The summed E-state index contributed by atoms with van der Waals surface area (Å²) in [6, 6.07) is 0. The van der Waals surface area contributed by atoms with Crippen molar-refractivity contribution >= 4 is 9.84 Å². The van der Waals surface area contributed by atoms with Crippen LogP contribution >= 0.6 is 0 Å². The molecule has 1 aromatic rings. The van der Waals surface area contributed by atoms with E-state index >= 15 is 0 Å². The number of aryl methyl sites for hydroxylation is 2. The van der Waals surface area contributed by atoms with E-state index < -0.39 is 9.84 Å². The van der Waals surface area contributed by atoms with Gasteiger partial charge in [0.2, 0.25) is 0 Å². The second-order valence-corrected chi connectivity index (χ2v) is 7.77. The molecule has 1 fully saturated rings. The van der Waals surface area contributed by atoms with Gasteiger partial charge in [0.1, 0.15) is 0 Å². The van der Waals surface area contributed by atoms with Gasteiger partial charge in [-0.2, -0.15) is 5.10 Å². The van der Waals surface area contributed by atoms with Gasteiger partial charge in [-0.3, -0.25) is 4.68 Å². The quantitative estimate of drug-likeness (QED) is 0.832. The molecule has 1 aliphatic heterocycles. The smallest absolute Gasteiger partial charge is 0.150 e. The van der Waals surface area contributed by atoms with Crippen molar-refractivity contribution in [1.82, 2.24) is 15.1 Å². The molecule has 1 aliphatic rings. The number of rotatable bonds is 6. The highest BCUT2D eigenvalue weighted by Gasteiger charge is 2.33. The summed E-state index contributed by atoms with van der Waals surface area (Å²) in [5.41, 5.74) is 1.23. The average molecular weight is 285 g/mol. The van der Waals surface area contributed by atoms with Gasteiger partial charge in [0.05, 0.1) is 17.7 Å². The first-order valence-electron chi connectivity index (χ1n) is 6.83. The van der Waals surface area contributed by atoms with Crippen LogP contribution in [0.25, 0.3) is 0 Å². The predicted molar refractivity (Wildman–Crippen MR) is 75.7 cm³/mol. The minimum atomic E-state index is -2.78. The van der Waals surface area contributed by atoms with E-state index in [-0.39, 0.29) is 0 Å². The summed E-state index contributed by atoms with van der Waals surface area (Å²) < 4.78 is 25.0. The number of aromatic nitrogens is 2. The van der Waals surface area contributed by atoms with Gasteiger partial charge in [0, 0.05) is 13.2 Å². The summed E-state index contributed by atoms with van der Waals surface area (Å²) in [7, 11) is 1.06. The van der Waals surface area contributed by atoms with Crippen molar-refractivity contribution in [2.75, 3.05) is 25.1 Å². The van der Waals surface area contributed by atoms with Crippen molar-refractivity contribution in [3.63, 3.8) is 0 Å². The molecular weight excluding hydrogens is 262 g/mol. The molecule has 5 nitrogen and oxygen atoms in total. The van der Waals surface area contributed by atoms with Crippen molar-refractivity contribution in [2.24, 2.45) is 18.9 Å². The SMILES string of the molecule is CNCC(CCc1cnn(C)c1)C1CCS(=O)(=O)C1. The third kappa shape index (κ3) is 4.04. The monoisotopic (exact) mass is 285 g/mol. The van der Waals surface area contributed by atoms with E-state index in [0.29, 0.717) is 23.3 Å². The number of nitrogens with zero attached hydrogens (tertiary/aromatic N) is 2. The molecule has 0 saturated carbocycles. The zero-order valence-electron chi connectivity index (χ0n) is 11.7. The summed E-state index contributed by atoms with van der Waals surface area (Å²) >= 11 is 0. The van der Waals surface area contributed by atoms with Crippen LogP contribution in [0.5, 0.6) is 0 Å². The minimum absolute atomic E-state index is 0.314. The van der Waals surface area contributed by atoms with E-state index in [0.717, 1.165) is 25.8 Å². The Kier molecular flexibility index (Phi) is 4.62. The molecule has 1 saturated heterocycles. The molecule has 0 bridgehead atoms. The van der Waals surface area contributed by atoms with Gasteiger partial charge >= 0.3 is 0 Å².